The first-order valence-corrected chi connectivity index (χ1v) is 18.2. The highest BCUT2D eigenvalue weighted by atomic mass is 16.7. The lowest BCUT2D eigenvalue weighted by atomic mass is 9.96. The Labute approximate surface area is 310 Å². The van der Waals surface area contributed by atoms with Crippen LogP contribution in [-0.2, 0) is 45.3 Å². The van der Waals surface area contributed by atoms with Crippen LogP contribution in [0.2, 0.25) is 0 Å². The molecule has 278 valence electrons. The first kappa shape index (κ1) is 41.5. The number of hydrogen-bond acceptors (Lipinski definition) is 5. The van der Waals surface area contributed by atoms with E-state index in [2.05, 4.69) is 78.7 Å². The van der Waals surface area contributed by atoms with E-state index in [0.717, 1.165) is 29.7 Å². The monoisotopic (exact) mass is 707 g/mol. The van der Waals surface area contributed by atoms with Gasteiger partial charge in [-0.15, -0.1) is 0 Å². The number of ether oxygens (including phenoxy) is 3. The summed E-state index contributed by atoms with van der Waals surface area (Å²) in [5.74, 6) is 0.180. The zero-order valence-corrected chi connectivity index (χ0v) is 32.0. The van der Waals surface area contributed by atoms with E-state index in [4.69, 9.17) is 14.2 Å². The van der Waals surface area contributed by atoms with Crippen molar-refractivity contribution < 1.29 is 23.8 Å². The summed E-state index contributed by atoms with van der Waals surface area (Å²) in [5.41, 5.74) is 11.3. The predicted octanol–water partition coefficient (Wildman–Crippen LogP) is 9.24. The van der Waals surface area contributed by atoms with Gasteiger partial charge in [0.1, 0.15) is 5.78 Å². The van der Waals surface area contributed by atoms with Gasteiger partial charge in [0.15, 0.2) is 6.29 Å². The topological polar surface area (TPSA) is 83.7 Å². The molecule has 0 saturated carbocycles. The van der Waals surface area contributed by atoms with Crippen LogP contribution in [0.4, 0.5) is 4.79 Å². The quantitative estimate of drug-likeness (QED) is 0.110. The summed E-state index contributed by atoms with van der Waals surface area (Å²) >= 11 is 0. The van der Waals surface area contributed by atoms with E-state index in [1.165, 1.54) is 22.4 Å². The number of benzene rings is 3. The van der Waals surface area contributed by atoms with Gasteiger partial charge in [-0.05, 0) is 74.6 Å². The molecule has 5 rings (SSSR count). The van der Waals surface area contributed by atoms with Crippen LogP contribution in [0.15, 0.2) is 116 Å². The molecule has 1 amide bonds. The molecule has 1 atom stereocenters. The van der Waals surface area contributed by atoms with E-state index in [1.807, 2.05) is 88.5 Å². The SMILES string of the molecule is CCOC(=O)Nn1ccc(C)c1Cc1ccccc1.CCOC(CC(C)C(=O)Cc1ccccc1)OCC.Cc1ccn(C)c1Cc1ccccc1. The van der Waals surface area contributed by atoms with Gasteiger partial charge < -0.3 is 18.8 Å². The maximum atomic E-state index is 12.1. The second kappa shape index (κ2) is 22.8. The molecule has 1 unspecified atom stereocenters. The largest absolute Gasteiger partial charge is 0.449 e. The Balaban J connectivity index is 0.000000213. The number of carbonyl (C=O) groups excluding carboxylic acids is 2. The van der Waals surface area contributed by atoms with Crippen molar-refractivity contribution in [1.82, 2.24) is 9.24 Å². The van der Waals surface area contributed by atoms with Crippen molar-refractivity contribution in [2.24, 2.45) is 13.0 Å². The van der Waals surface area contributed by atoms with Gasteiger partial charge in [-0.2, -0.15) is 0 Å². The summed E-state index contributed by atoms with van der Waals surface area (Å²) in [6.07, 6.45) is 6.14. The van der Waals surface area contributed by atoms with Gasteiger partial charge in [0.05, 0.1) is 6.61 Å². The summed E-state index contributed by atoms with van der Waals surface area (Å²) in [6.45, 7) is 13.3. The van der Waals surface area contributed by atoms with E-state index in [-0.39, 0.29) is 18.0 Å². The lowest BCUT2D eigenvalue weighted by molar-refractivity contribution is -0.151. The maximum absolute atomic E-state index is 12.1. The van der Waals surface area contributed by atoms with Crippen molar-refractivity contribution in [3.8, 4) is 0 Å². The Morgan fingerprint density at radius 1 is 0.654 bits per heavy atom. The first-order valence-electron chi connectivity index (χ1n) is 18.2. The second-order valence-electron chi connectivity index (χ2n) is 12.6. The van der Waals surface area contributed by atoms with Crippen LogP contribution >= 0.6 is 0 Å². The highest BCUT2D eigenvalue weighted by molar-refractivity contribution is 5.82. The number of amides is 1. The summed E-state index contributed by atoms with van der Waals surface area (Å²) in [5, 5.41) is 0. The minimum Gasteiger partial charge on any atom is -0.449 e. The highest BCUT2D eigenvalue weighted by Gasteiger charge is 2.19. The van der Waals surface area contributed by atoms with E-state index in [1.54, 1.807) is 11.6 Å². The molecule has 0 aliphatic rings. The molecule has 2 heterocycles. The van der Waals surface area contributed by atoms with Crippen molar-refractivity contribution in [1.29, 1.82) is 0 Å². The lowest BCUT2D eigenvalue weighted by Gasteiger charge is -2.20. The Morgan fingerprint density at radius 2 is 1.13 bits per heavy atom. The lowest BCUT2D eigenvalue weighted by Crippen LogP contribution is -2.25. The van der Waals surface area contributed by atoms with E-state index in [9.17, 15) is 9.59 Å². The van der Waals surface area contributed by atoms with Gasteiger partial charge in [-0.25, -0.2) is 10.2 Å². The molecule has 8 nitrogen and oxygen atoms in total. The van der Waals surface area contributed by atoms with Crippen molar-refractivity contribution in [3.05, 3.63) is 155 Å². The van der Waals surface area contributed by atoms with Crippen LogP contribution in [0, 0.1) is 19.8 Å². The Bertz CT molecular complexity index is 1710. The van der Waals surface area contributed by atoms with E-state index in [0.29, 0.717) is 32.7 Å². The summed E-state index contributed by atoms with van der Waals surface area (Å²) in [4.78, 5) is 23.6. The van der Waals surface area contributed by atoms with Crippen LogP contribution in [0.5, 0.6) is 0 Å². The molecule has 0 aliphatic carbocycles. The number of nitrogens with zero attached hydrogens (tertiary/aromatic N) is 2. The fourth-order valence-electron chi connectivity index (χ4n) is 5.63. The number of aromatic nitrogens is 2. The Hall–Kier alpha value is -4.92. The first-order chi connectivity index (χ1) is 25.1. The molecular formula is C44H57N3O5. The van der Waals surface area contributed by atoms with Crippen molar-refractivity contribution in [2.45, 2.75) is 73.5 Å². The average molecular weight is 708 g/mol. The molecule has 2 aromatic heterocycles. The molecular weight excluding hydrogens is 650 g/mol. The fourth-order valence-corrected chi connectivity index (χ4v) is 5.63. The number of ketones is 1. The normalized spacial score (nSPS) is 11.2. The zero-order valence-electron chi connectivity index (χ0n) is 32.0. The third-order valence-corrected chi connectivity index (χ3v) is 8.59. The van der Waals surface area contributed by atoms with Crippen molar-refractivity contribution >= 4 is 11.9 Å². The molecule has 0 aliphatic heterocycles. The molecule has 5 aromatic rings. The summed E-state index contributed by atoms with van der Waals surface area (Å²) in [7, 11) is 2.10. The number of Topliss-reactive ketones (excluding diaryl/α,β-unsaturated/α-hetero) is 1. The number of nitrogens with one attached hydrogen (secondary N) is 1. The van der Waals surface area contributed by atoms with Gasteiger partial charge in [0.2, 0.25) is 0 Å². The van der Waals surface area contributed by atoms with Crippen molar-refractivity contribution in [3.63, 3.8) is 0 Å². The van der Waals surface area contributed by atoms with Crippen LogP contribution in [0.1, 0.15) is 73.3 Å². The van der Waals surface area contributed by atoms with Gasteiger partial charge >= 0.3 is 6.09 Å². The Morgan fingerprint density at radius 3 is 1.62 bits per heavy atom. The molecule has 0 bridgehead atoms. The molecule has 52 heavy (non-hydrogen) atoms. The molecule has 0 radical (unpaired) electrons. The molecule has 0 saturated heterocycles. The molecule has 8 heteroatoms. The van der Waals surface area contributed by atoms with Crippen LogP contribution in [0.3, 0.4) is 0 Å². The van der Waals surface area contributed by atoms with Gasteiger partial charge in [0, 0.05) is 75.6 Å². The minimum absolute atomic E-state index is 0.0525. The fraction of sp³-hybridized carbons (Fsp3) is 0.364. The number of carbonyl (C=O) groups is 2. The van der Waals surface area contributed by atoms with Crippen LogP contribution < -0.4 is 5.43 Å². The van der Waals surface area contributed by atoms with Crippen molar-refractivity contribution in [2.75, 3.05) is 25.2 Å². The predicted molar refractivity (Wildman–Crippen MR) is 210 cm³/mol. The van der Waals surface area contributed by atoms with Crippen LogP contribution in [-0.4, -0.2) is 47.2 Å². The Kier molecular flexibility index (Phi) is 18.2. The second-order valence-corrected chi connectivity index (χ2v) is 12.6. The third kappa shape index (κ3) is 14.4. The zero-order chi connectivity index (χ0) is 37.7. The summed E-state index contributed by atoms with van der Waals surface area (Å²) < 4.78 is 19.8. The van der Waals surface area contributed by atoms with Gasteiger partial charge in [-0.1, -0.05) is 97.9 Å². The molecule has 0 fully saturated rings. The third-order valence-electron chi connectivity index (χ3n) is 8.59. The number of rotatable bonds is 15. The standard InChI is InChI=1S/C16H24O3.C15H18N2O2.C13H15N/c1-4-18-16(19-5-2)11-13(3)15(17)12-14-9-7-6-8-10-14;1-3-19-15(18)16-17-10-9-12(2)14(17)11-13-7-5-4-6-8-13;1-11-8-9-14(2)13(11)10-12-6-4-3-5-7-12/h6-10,13,16H,4-5,11-12H2,1-3H3;4-10H,3,11H2,1-2H3,(H,16,18);3-9H,10H2,1-2H3. The maximum Gasteiger partial charge on any atom is 0.426 e. The van der Waals surface area contributed by atoms with E-state index >= 15 is 0 Å². The van der Waals surface area contributed by atoms with Gasteiger partial charge in [0.25, 0.3) is 0 Å². The highest BCUT2D eigenvalue weighted by Crippen LogP contribution is 2.16. The number of hydrogen-bond donors (Lipinski definition) is 1. The smallest absolute Gasteiger partial charge is 0.426 e. The average Bonchev–Trinajstić information content (AvgIpc) is 3.65. The minimum atomic E-state index is -0.438. The summed E-state index contributed by atoms with van der Waals surface area (Å²) in [6, 6.07) is 34.7. The molecule has 1 N–H and O–H groups in total. The van der Waals surface area contributed by atoms with Gasteiger partial charge in [-0.3, -0.25) is 9.47 Å². The molecule has 0 spiro atoms. The van der Waals surface area contributed by atoms with E-state index < -0.39 is 6.09 Å². The van der Waals surface area contributed by atoms with Crippen LogP contribution in [0.25, 0.3) is 0 Å². The molecule has 3 aromatic carbocycles. The number of aryl methyl sites for hydroxylation is 3.